The van der Waals surface area contributed by atoms with Crippen molar-refractivity contribution in [3.05, 3.63) is 21.9 Å². The largest absolute Gasteiger partial charge is 0.465 e. The normalized spacial score (nSPS) is 14.2. The Hall–Kier alpha value is -1.36. The van der Waals surface area contributed by atoms with Crippen molar-refractivity contribution in [2.45, 2.75) is 26.2 Å². The first kappa shape index (κ1) is 14.1. The second-order valence-electron chi connectivity index (χ2n) is 4.85. The minimum Gasteiger partial charge on any atom is -0.465 e. The summed E-state index contributed by atoms with van der Waals surface area (Å²) in [5.74, 6) is 0.331. The lowest BCUT2D eigenvalue weighted by atomic mass is 10.3. The van der Waals surface area contributed by atoms with Crippen LogP contribution in [-0.2, 0) is 4.74 Å². The van der Waals surface area contributed by atoms with Gasteiger partial charge in [0, 0.05) is 13.1 Å². The molecule has 5 heteroatoms. The Morgan fingerprint density at radius 1 is 1.37 bits per heavy atom. The maximum absolute atomic E-state index is 12.4. The number of hydrogen-bond donors (Lipinski definition) is 0. The number of rotatable bonds is 6. The van der Waals surface area contributed by atoms with E-state index in [1.165, 1.54) is 31.3 Å². The zero-order chi connectivity index (χ0) is 13.8. The predicted octanol–water partition coefficient (Wildman–Crippen LogP) is 2.80. The monoisotopic (exact) mass is 281 g/mol. The lowest BCUT2D eigenvalue weighted by Crippen LogP contribution is -2.33. The highest BCUT2D eigenvalue weighted by Crippen LogP contribution is 2.30. The zero-order valence-electron chi connectivity index (χ0n) is 11.3. The lowest BCUT2D eigenvalue weighted by Gasteiger charge is -2.21. The van der Waals surface area contributed by atoms with Gasteiger partial charge in [-0.1, -0.05) is 6.92 Å². The number of ether oxygens (including phenoxy) is 1. The van der Waals surface area contributed by atoms with Crippen molar-refractivity contribution in [3.8, 4) is 0 Å². The molecule has 1 amide bonds. The first-order valence-electron chi connectivity index (χ1n) is 6.63. The molecule has 1 aliphatic carbocycles. The fourth-order valence-electron chi connectivity index (χ4n) is 1.98. The third kappa shape index (κ3) is 3.56. The van der Waals surface area contributed by atoms with E-state index in [1.807, 2.05) is 4.90 Å². The summed E-state index contributed by atoms with van der Waals surface area (Å²) in [4.78, 5) is 26.8. The smallest absolute Gasteiger partial charge is 0.348 e. The summed E-state index contributed by atoms with van der Waals surface area (Å²) in [5, 5.41) is 0. The molecule has 0 atom stereocenters. The number of amides is 1. The molecular formula is C14H19NO3S. The average molecular weight is 281 g/mol. The molecule has 4 nitrogen and oxygen atoms in total. The van der Waals surface area contributed by atoms with Crippen LogP contribution in [0.15, 0.2) is 12.1 Å². The van der Waals surface area contributed by atoms with E-state index in [9.17, 15) is 9.59 Å². The highest BCUT2D eigenvalue weighted by Gasteiger charge is 2.27. The third-order valence-electron chi connectivity index (χ3n) is 3.16. The Bertz CT molecular complexity index is 465. The molecule has 1 saturated carbocycles. The fraction of sp³-hybridized carbons (Fsp3) is 0.571. The van der Waals surface area contributed by atoms with E-state index < -0.39 is 0 Å². The highest BCUT2D eigenvalue weighted by atomic mass is 32.1. The Morgan fingerprint density at radius 3 is 2.63 bits per heavy atom. The predicted molar refractivity (Wildman–Crippen MR) is 74.6 cm³/mol. The molecule has 0 bridgehead atoms. The molecule has 104 valence electrons. The molecule has 19 heavy (non-hydrogen) atoms. The number of nitrogens with zero attached hydrogens (tertiary/aromatic N) is 1. The van der Waals surface area contributed by atoms with Crippen molar-refractivity contribution >= 4 is 23.2 Å². The maximum atomic E-state index is 12.4. The van der Waals surface area contributed by atoms with Crippen LogP contribution in [0.1, 0.15) is 45.5 Å². The quantitative estimate of drug-likeness (QED) is 0.753. The van der Waals surface area contributed by atoms with Crippen LogP contribution >= 0.6 is 11.3 Å². The Kier molecular flexibility index (Phi) is 4.58. The van der Waals surface area contributed by atoms with Gasteiger partial charge in [-0.2, -0.15) is 0 Å². The van der Waals surface area contributed by atoms with Crippen LogP contribution < -0.4 is 0 Å². The van der Waals surface area contributed by atoms with Gasteiger partial charge in [0.15, 0.2) is 0 Å². The SMILES string of the molecule is CCCN(CC1CC1)C(=O)c1ccc(C(=O)OC)s1. The van der Waals surface area contributed by atoms with Crippen LogP contribution in [0.25, 0.3) is 0 Å². The Labute approximate surface area is 117 Å². The molecule has 0 spiro atoms. The molecule has 1 heterocycles. The van der Waals surface area contributed by atoms with Gasteiger partial charge >= 0.3 is 5.97 Å². The lowest BCUT2D eigenvalue weighted by molar-refractivity contribution is 0.0606. The topological polar surface area (TPSA) is 46.6 Å². The van der Waals surface area contributed by atoms with Gasteiger partial charge in [0.25, 0.3) is 5.91 Å². The van der Waals surface area contributed by atoms with Crippen LogP contribution in [-0.4, -0.2) is 37.0 Å². The summed E-state index contributed by atoms with van der Waals surface area (Å²) in [6.07, 6.45) is 3.41. The minimum atomic E-state index is -0.381. The molecule has 1 aromatic rings. The molecule has 0 aliphatic heterocycles. The van der Waals surface area contributed by atoms with Gasteiger partial charge < -0.3 is 9.64 Å². The summed E-state index contributed by atoms with van der Waals surface area (Å²) in [5.41, 5.74) is 0. The van der Waals surface area contributed by atoms with E-state index in [0.29, 0.717) is 15.7 Å². The number of hydrogen-bond acceptors (Lipinski definition) is 4. The second kappa shape index (κ2) is 6.19. The molecule has 0 saturated heterocycles. The van der Waals surface area contributed by atoms with E-state index in [2.05, 4.69) is 11.7 Å². The van der Waals surface area contributed by atoms with Gasteiger partial charge in [-0.05, 0) is 37.3 Å². The third-order valence-corrected chi connectivity index (χ3v) is 4.21. The first-order chi connectivity index (χ1) is 9.15. The Morgan fingerprint density at radius 2 is 2.05 bits per heavy atom. The van der Waals surface area contributed by atoms with Crippen molar-refractivity contribution in [2.24, 2.45) is 5.92 Å². The Balaban J connectivity index is 2.06. The molecule has 1 aliphatic rings. The molecular weight excluding hydrogens is 262 g/mol. The molecule has 0 unspecified atom stereocenters. The van der Waals surface area contributed by atoms with Gasteiger partial charge in [-0.3, -0.25) is 4.79 Å². The van der Waals surface area contributed by atoms with Crippen LogP contribution in [0.3, 0.4) is 0 Å². The number of esters is 1. The molecule has 1 aromatic heterocycles. The zero-order valence-corrected chi connectivity index (χ0v) is 12.2. The van der Waals surface area contributed by atoms with Crippen LogP contribution in [0, 0.1) is 5.92 Å². The number of thiophene rings is 1. The maximum Gasteiger partial charge on any atom is 0.348 e. The summed E-state index contributed by atoms with van der Waals surface area (Å²) in [6.45, 7) is 3.69. The van der Waals surface area contributed by atoms with E-state index in [0.717, 1.165) is 19.5 Å². The van der Waals surface area contributed by atoms with Gasteiger partial charge in [-0.15, -0.1) is 11.3 Å². The second-order valence-corrected chi connectivity index (χ2v) is 5.93. The van der Waals surface area contributed by atoms with Crippen molar-refractivity contribution in [3.63, 3.8) is 0 Å². The van der Waals surface area contributed by atoms with Gasteiger partial charge in [-0.25, -0.2) is 4.79 Å². The number of carbonyl (C=O) groups excluding carboxylic acids is 2. The summed E-state index contributed by atoms with van der Waals surface area (Å²) in [7, 11) is 1.35. The fourth-order valence-corrected chi connectivity index (χ4v) is 2.87. The van der Waals surface area contributed by atoms with E-state index in [4.69, 9.17) is 0 Å². The average Bonchev–Trinajstić information content (AvgIpc) is 3.09. The molecule has 2 rings (SSSR count). The molecule has 0 radical (unpaired) electrons. The summed E-state index contributed by atoms with van der Waals surface area (Å²) in [6, 6.07) is 3.37. The summed E-state index contributed by atoms with van der Waals surface area (Å²) >= 11 is 1.21. The highest BCUT2D eigenvalue weighted by molar-refractivity contribution is 7.15. The minimum absolute atomic E-state index is 0.0360. The van der Waals surface area contributed by atoms with Gasteiger partial charge in [0.05, 0.1) is 12.0 Å². The number of methoxy groups -OCH3 is 1. The molecule has 1 fully saturated rings. The van der Waals surface area contributed by atoms with Crippen molar-refractivity contribution < 1.29 is 14.3 Å². The number of carbonyl (C=O) groups is 2. The van der Waals surface area contributed by atoms with Gasteiger partial charge in [0.2, 0.25) is 0 Å². The molecule has 0 N–H and O–H groups in total. The van der Waals surface area contributed by atoms with E-state index >= 15 is 0 Å². The van der Waals surface area contributed by atoms with Crippen LogP contribution in [0.2, 0.25) is 0 Å². The van der Waals surface area contributed by atoms with Crippen LogP contribution in [0.5, 0.6) is 0 Å². The summed E-state index contributed by atoms with van der Waals surface area (Å²) < 4.78 is 4.66. The van der Waals surface area contributed by atoms with E-state index in [-0.39, 0.29) is 11.9 Å². The van der Waals surface area contributed by atoms with Gasteiger partial charge in [0.1, 0.15) is 4.88 Å². The van der Waals surface area contributed by atoms with Crippen molar-refractivity contribution in [2.75, 3.05) is 20.2 Å². The van der Waals surface area contributed by atoms with Crippen LogP contribution in [0.4, 0.5) is 0 Å². The first-order valence-corrected chi connectivity index (χ1v) is 7.44. The van der Waals surface area contributed by atoms with Crippen molar-refractivity contribution in [1.82, 2.24) is 4.90 Å². The molecule has 0 aromatic carbocycles. The standard InChI is InChI=1S/C14H19NO3S/c1-3-8-15(9-10-4-5-10)13(16)11-6-7-12(19-11)14(17)18-2/h6-7,10H,3-5,8-9H2,1-2H3. The van der Waals surface area contributed by atoms with E-state index in [1.54, 1.807) is 12.1 Å². The van der Waals surface area contributed by atoms with Crippen molar-refractivity contribution in [1.29, 1.82) is 0 Å².